The van der Waals surface area contributed by atoms with E-state index in [2.05, 4.69) is 4.98 Å². The van der Waals surface area contributed by atoms with Gasteiger partial charge in [-0.2, -0.15) is 4.98 Å². The number of hydrogen-bond donors (Lipinski definition) is 12. The molecule has 0 bridgehead atoms. The highest BCUT2D eigenvalue weighted by atomic mass is 35.5. The maximum atomic E-state index is 11.6. The van der Waals surface area contributed by atoms with Crippen molar-refractivity contribution in [3.05, 3.63) is 22.7 Å². The van der Waals surface area contributed by atoms with Gasteiger partial charge >= 0.3 is 29.2 Å². The second-order valence-corrected chi connectivity index (χ2v) is 8.85. The Morgan fingerprint density at radius 1 is 1.00 bits per heavy atom. The van der Waals surface area contributed by atoms with E-state index in [9.17, 15) is 9.90 Å². The average Bonchev–Trinajstić information content (AvgIpc) is 2.78. The van der Waals surface area contributed by atoms with Crippen LogP contribution in [0.15, 0.2) is 17.1 Å². The first-order chi connectivity index (χ1) is 14.0. The fourth-order valence-electron chi connectivity index (χ4n) is 1.70. The Balaban J connectivity index is 0. The number of ether oxygens (including phenoxy) is 1. The summed E-state index contributed by atoms with van der Waals surface area (Å²) in [5.74, 6) is 0.0922. The van der Waals surface area contributed by atoms with Gasteiger partial charge in [0, 0.05) is 6.20 Å². The number of aliphatic hydroxyl groups excluding tert-OH is 2. The number of rotatable bonds is 2. The number of aliphatic hydroxyl groups is 2. The van der Waals surface area contributed by atoms with Crippen LogP contribution in [0, 0.1) is 0 Å². The lowest BCUT2D eigenvalue weighted by atomic mass is 10.2. The Hall–Kier alpha value is -0.820. The molecule has 0 aliphatic carbocycles. The molecule has 1 fully saturated rings. The number of nitrogens with two attached hydrogens (primary N) is 1. The van der Waals surface area contributed by atoms with Crippen molar-refractivity contribution in [1.29, 1.82) is 0 Å². The summed E-state index contributed by atoms with van der Waals surface area (Å²) in [5.41, 5.74) is 4.73. The quantitative estimate of drug-likeness (QED) is 0.122. The normalized spacial score (nSPS) is 23.0. The molecule has 0 amide bonds. The van der Waals surface area contributed by atoms with Crippen molar-refractivity contribution in [2.75, 3.05) is 12.3 Å². The van der Waals surface area contributed by atoms with Crippen LogP contribution in [0.25, 0.3) is 0 Å². The van der Waals surface area contributed by atoms with Crippen molar-refractivity contribution in [1.82, 2.24) is 9.55 Å². The zero-order chi connectivity index (χ0) is 26.1. The van der Waals surface area contributed by atoms with E-state index in [1.807, 2.05) is 0 Å². The first kappa shape index (κ1) is 33.4. The molecule has 13 N–H and O–H groups in total. The van der Waals surface area contributed by atoms with Gasteiger partial charge in [-0.25, -0.2) is 18.5 Å². The van der Waals surface area contributed by atoms with E-state index >= 15 is 0 Å². The number of nitrogen functional groups attached to an aromatic ring is 1. The first-order valence-corrected chi connectivity index (χ1v) is 12.5. The molecule has 2 rings (SSSR count). The molecule has 1 aliphatic rings. The van der Waals surface area contributed by atoms with Crippen molar-refractivity contribution in [2.45, 2.75) is 23.8 Å². The molecule has 0 spiro atoms. The van der Waals surface area contributed by atoms with Gasteiger partial charge < -0.3 is 64.7 Å². The van der Waals surface area contributed by atoms with Crippen LogP contribution in [0.5, 0.6) is 0 Å². The molecule has 0 unspecified atom stereocenters. The second kappa shape index (κ2) is 13.8. The second-order valence-electron chi connectivity index (χ2n) is 5.26. The van der Waals surface area contributed by atoms with Gasteiger partial charge in [0.15, 0.2) is 6.23 Å². The number of anilines is 1. The summed E-state index contributed by atoms with van der Waals surface area (Å²) < 4.78 is 33.1. The van der Waals surface area contributed by atoms with Crippen LogP contribution in [0.4, 0.5) is 5.82 Å². The monoisotopic (exact) mass is 555 g/mol. The Morgan fingerprint density at radius 2 is 1.38 bits per heavy atom. The van der Waals surface area contributed by atoms with Gasteiger partial charge in [-0.1, -0.05) is 0 Å². The van der Waals surface area contributed by atoms with Gasteiger partial charge in [0.25, 0.3) is 0 Å². The Morgan fingerprint density at radius 3 is 1.66 bits per heavy atom. The number of aromatic nitrogens is 2. The molecule has 4 atom stereocenters. The summed E-state index contributed by atoms with van der Waals surface area (Å²) in [6, 6.07) is 1.42. The highest BCUT2D eigenvalue weighted by molar-refractivity contribution is 7.45. The number of alkyl halides is 1. The largest absolute Gasteiger partial charge is 0.466 e. The molecule has 23 heteroatoms. The van der Waals surface area contributed by atoms with E-state index in [1.165, 1.54) is 12.3 Å². The van der Waals surface area contributed by atoms with E-state index < -0.39 is 53.0 Å². The van der Waals surface area contributed by atoms with Gasteiger partial charge in [0.1, 0.15) is 23.4 Å². The minimum absolute atomic E-state index is 0.0922. The predicted octanol–water partition coefficient (Wildman–Crippen LogP) is -4.10. The summed E-state index contributed by atoms with van der Waals surface area (Å²) in [4.78, 5) is 79.8. The van der Waals surface area contributed by atoms with E-state index in [-0.39, 0.29) is 12.4 Å². The van der Waals surface area contributed by atoms with Crippen LogP contribution in [0.1, 0.15) is 6.23 Å². The molecule has 1 aromatic heterocycles. The van der Waals surface area contributed by atoms with Gasteiger partial charge in [0.05, 0.1) is 6.61 Å². The molecule has 0 aromatic carbocycles. The van der Waals surface area contributed by atoms with Crippen LogP contribution >= 0.6 is 35.1 Å². The molecule has 32 heavy (non-hydrogen) atoms. The summed E-state index contributed by atoms with van der Waals surface area (Å²) in [6.07, 6.45) is -1.34. The fraction of sp³-hybridized carbons (Fsp3) is 0.556. The molecular formula is C9H21ClN3O16P3. The lowest BCUT2D eigenvalue weighted by Gasteiger charge is -2.16. The zero-order valence-electron chi connectivity index (χ0n) is 15.3. The number of halogens is 1. The van der Waals surface area contributed by atoms with Crippen LogP contribution in [0.2, 0.25) is 0 Å². The predicted molar refractivity (Wildman–Crippen MR) is 102 cm³/mol. The molecule has 190 valence electrons. The van der Waals surface area contributed by atoms with Crippen molar-refractivity contribution < 1.29 is 72.7 Å². The van der Waals surface area contributed by atoms with Crippen LogP contribution < -0.4 is 11.4 Å². The molecular weight excluding hydrogens is 534 g/mol. The summed E-state index contributed by atoms with van der Waals surface area (Å²) >= 11 is 5.94. The zero-order valence-corrected chi connectivity index (χ0v) is 18.8. The van der Waals surface area contributed by atoms with Gasteiger partial charge in [-0.3, -0.25) is 4.57 Å². The Labute approximate surface area is 182 Å². The van der Waals surface area contributed by atoms with Gasteiger partial charge in [0.2, 0.25) is 0 Å². The highest BCUT2D eigenvalue weighted by Crippen LogP contribution is 2.32. The maximum Gasteiger partial charge on any atom is 0.466 e. The van der Waals surface area contributed by atoms with E-state index in [0.29, 0.717) is 0 Å². The summed E-state index contributed by atoms with van der Waals surface area (Å²) in [5, 5.41) is 17.8. The lowest BCUT2D eigenvalue weighted by molar-refractivity contribution is -0.0457. The molecule has 19 nitrogen and oxygen atoms in total. The average molecular weight is 556 g/mol. The van der Waals surface area contributed by atoms with Gasteiger partial charge in [-0.15, -0.1) is 11.6 Å². The standard InChI is InChI=1S/C9H12ClN3O4.3H3O4P/c10-6-7(15)4(3-14)17-8(6)13-2-1-5(11)12-9(13)16;3*1-5(2,3)4/h1-2,4,6-8,14-15H,3H2,(H2,11,12,16);3*(H3,1,2,3,4)/t4-,6+,7-,8-;;;/m1.../s1. The van der Waals surface area contributed by atoms with Crippen molar-refractivity contribution in [3.63, 3.8) is 0 Å². The summed E-state index contributed by atoms with van der Waals surface area (Å²) in [7, 11) is -13.9. The van der Waals surface area contributed by atoms with E-state index in [4.69, 9.17) is 84.9 Å². The summed E-state index contributed by atoms with van der Waals surface area (Å²) in [6.45, 7) is -0.377. The minimum atomic E-state index is -4.64. The number of nitrogens with zero attached hydrogens (tertiary/aromatic N) is 2. The topological polar surface area (TPSA) is 344 Å². The maximum absolute atomic E-state index is 11.6. The van der Waals surface area contributed by atoms with Gasteiger partial charge in [-0.05, 0) is 6.07 Å². The van der Waals surface area contributed by atoms with Crippen molar-refractivity contribution in [3.8, 4) is 0 Å². The lowest BCUT2D eigenvalue weighted by Crippen LogP contribution is -2.32. The van der Waals surface area contributed by atoms with Crippen LogP contribution in [-0.2, 0) is 18.4 Å². The molecule has 1 saturated heterocycles. The van der Waals surface area contributed by atoms with Crippen molar-refractivity contribution in [2.24, 2.45) is 0 Å². The highest BCUT2D eigenvalue weighted by Gasteiger charge is 2.43. The molecule has 1 aromatic rings. The van der Waals surface area contributed by atoms with E-state index in [0.717, 1.165) is 4.57 Å². The van der Waals surface area contributed by atoms with E-state index in [1.54, 1.807) is 0 Å². The third-order valence-electron chi connectivity index (χ3n) is 2.60. The molecule has 2 heterocycles. The smallest absolute Gasteiger partial charge is 0.394 e. The third kappa shape index (κ3) is 19.8. The van der Waals surface area contributed by atoms with Crippen LogP contribution in [0.3, 0.4) is 0 Å². The van der Waals surface area contributed by atoms with Crippen LogP contribution in [-0.4, -0.2) is 88.0 Å². The number of hydrogen-bond acceptors (Lipinski definition) is 9. The Bertz CT molecular complexity index is 824. The number of phosphoric acid groups is 3. The fourth-order valence-corrected chi connectivity index (χ4v) is 2.04. The molecule has 0 saturated carbocycles. The molecule has 0 radical (unpaired) electrons. The minimum Gasteiger partial charge on any atom is -0.394 e. The third-order valence-corrected chi connectivity index (χ3v) is 3.07. The first-order valence-electron chi connectivity index (χ1n) is 7.32. The Kier molecular flexibility index (Phi) is 14.4. The SMILES string of the molecule is Nc1ccn([C@@H]2O[C@H](CO)[C@@H](O)[C@@H]2Cl)c(=O)n1.O=P(O)(O)O.O=P(O)(O)O.O=P(O)(O)O. The van der Waals surface area contributed by atoms with Crippen molar-refractivity contribution >= 4 is 40.9 Å². The molecule has 1 aliphatic heterocycles.